The summed E-state index contributed by atoms with van der Waals surface area (Å²) in [5, 5.41) is 3.95. The number of hydrogen-bond donors (Lipinski definition) is 1. The smallest absolute Gasteiger partial charge is 0.228 e. The van der Waals surface area contributed by atoms with Gasteiger partial charge < -0.3 is 5.32 Å². The SMILES string of the molecule is CCC(CBr)NC(=O)C(c1ccccc1)C(C)CC. The highest BCUT2D eigenvalue weighted by atomic mass is 79.9. The van der Waals surface area contributed by atoms with E-state index in [0.29, 0.717) is 5.92 Å². The number of rotatable bonds is 7. The Bertz CT molecular complexity index is 376. The van der Waals surface area contributed by atoms with Crippen molar-refractivity contribution in [3.8, 4) is 0 Å². The number of amides is 1. The van der Waals surface area contributed by atoms with Crippen molar-refractivity contribution in [2.75, 3.05) is 5.33 Å². The average molecular weight is 326 g/mol. The van der Waals surface area contributed by atoms with E-state index in [1.54, 1.807) is 0 Å². The third kappa shape index (κ3) is 4.64. The van der Waals surface area contributed by atoms with Gasteiger partial charge in [-0.05, 0) is 17.9 Å². The van der Waals surface area contributed by atoms with Crippen molar-refractivity contribution in [1.82, 2.24) is 5.32 Å². The van der Waals surface area contributed by atoms with Crippen LogP contribution in [0.5, 0.6) is 0 Å². The molecule has 1 N–H and O–H groups in total. The maximum atomic E-state index is 12.5. The number of carbonyl (C=O) groups is 1. The van der Waals surface area contributed by atoms with Crippen molar-refractivity contribution in [1.29, 1.82) is 0 Å². The molecule has 0 saturated heterocycles. The van der Waals surface area contributed by atoms with Crippen molar-refractivity contribution in [2.45, 2.75) is 45.6 Å². The van der Waals surface area contributed by atoms with Crippen LogP contribution in [0.25, 0.3) is 0 Å². The number of nitrogens with one attached hydrogen (secondary N) is 1. The van der Waals surface area contributed by atoms with Gasteiger partial charge in [-0.15, -0.1) is 0 Å². The zero-order chi connectivity index (χ0) is 14.3. The van der Waals surface area contributed by atoms with E-state index in [1.807, 2.05) is 30.3 Å². The van der Waals surface area contributed by atoms with E-state index in [9.17, 15) is 4.79 Å². The van der Waals surface area contributed by atoms with Gasteiger partial charge in [-0.1, -0.05) is 73.5 Å². The van der Waals surface area contributed by atoms with Gasteiger partial charge in [-0.3, -0.25) is 4.79 Å². The van der Waals surface area contributed by atoms with E-state index in [4.69, 9.17) is 0 Å². The molecule has 106 valence electrons. The van der Waals surface area contributed by atoms with E-state index in [-0.39, 0.29) is 17.9 Å². The molecule has 0 radical (unpaired) electrons. The molecule has 0 spiro atoms. The highest BCUT2D eigenvalue weighted by Gasteiger charge is 2.26. The summed E-state index contributed by atoms with van der Waals surface area (Å²) < 4.78 is 0. The molecule has 1 amide bonds. The summed E-state index contributed by atoms with van der Waals surface area (Å²) in [6, 6.07) is 10.3. The van der Waals surface area contributed by atoms with Gasteiger partial charge in [0.05, 0.1) is 5.92 Å². The third-order valence-corrected chi connectivity index (χ3v) is 4.46. The fraction of sp³-hybridized carbons (Fsp3) is 0.562. The van der Waals surface area contributed by atoms with Crippen LogP contribution in [0.1, 0.15) is 45.1 Å². The molecule has 3 heteroatoms. The Labute approximate surface area is 125 Å². The molecule has 3 unspecified atom stereocenters. The summed E-state index contributed by atoms with van der Waals surface area (Å²) in [5.74, 6) is 0.432. The predicted octanol–water partition coefficient (Wildman–Crippen LogP) is 4.11. The number of alkyl halides is 1. The van der Waals surface area contributed by atoms with Crippen molar-refractivity contribution in [3.63, 3.8) is 0 Å². The number of hydrogen-bond acceptors (Lipinski definition) is 1. The van der Waals surface area contributed by atoms with Crippen LogP contribution in [0.4, 0.5) is 0 Å². The molecule has 0 fully saturated rings. The predicted molar refractivity (Wildman–Crippen MR) is 84.7 cm³/mol. The fourth-order valence-corrected chi connectivity index (χ4v) is 2.79. The van der Waals surface area contributed by atoms with Gasteiger partial charge in [-0.2, -0.15) is 0 Å². The van der Waals surface area contributed by atoms with E-state index >= 15 is 0 Å². The Kier molecular flexibility index (Phi) is 7.14. The van der Waals surface area contributed by atoms with Gasteiger partial charge in [0.2, 0.25) is 5.91 Å². The highest BCUT2D eigenvalue weighted by molar-refractivity contribution is 9.09. The summed E-state index contributed by atoms with van der Waals surface area (Å²) in [6.45, 7) is 6.37. The standard InChI is InChI=1S/C16H24BrNO/c1-4-12(3)15(13-9-7-6-8-10-13)16(19)18-14(5-2)11-17/h6-10,12,14-15H,4-5,11H2,1-3H3,(H,18,19). The monoisotopic (exact) mass is 325 g/mol. The molecule has 19 heavy (non-hydrogen) atoms. The van der Waals surface area contributed by atoms with E-state index in [0.717, 1.165) is 23.7 Å². The molecule has 0 saturated carbocycles. The number of halogens is 1. The first-order valence-electron chi connectivity index (χ1n) is 7.05. The van der Waals surface area contributed by atoms with Crippen LogP contribution < -0.4 is 5.32 Å². The quantitative estimate of drug-likeness (QED) is 0.751. The van der Waals surface area contributed by atoms with Crippen molar-refractivity contribution in [2.24, 2.45) is 5.92 Å². The van der Waals surface area contributed by atoms with Crippen LogP contribution in [-0.4, -0.2) is 17.3 Å². The minimum Gasteiger partial charge on any atom is -0.352 e. The highest BCUT2D eigenvalue weighted by Crippen LogP contribution is 2.27. The van der Waals surface area contributed by atoms with Crippen LogP contribution in [0, 0.1) is 5.92 Å². The summed E-state index contributed by atoms with van der Waals surface area (Å²) >= 11 is 3.45. The third-order valence-electron chi connectivity index (χ3n) is 3.68. The molecule has 1 aromatic carbocycles. The molecule has 0 aliphatic carbocycles. The summed E-state index contributed by atoms with van der Waals surface area (Å²) in [7, 11) is 0. The molecule has 0 bridgehead atoms. The zero-order valence-corrected chi connectivity index (χ0v) is 13.6. The van der Waals surface area contributed by atoms with Crippen LogP contribution >= 0.6 is 15.9 Å². The molecule has 1 aromatic rings. The van der Waals surface area contributed by atoms with Gasteiger partial charge in [0.15, 0.2) is 0 Å². The lowest BCUT2D eigenvalue weighted by Gasteiger charge is -2.25. The van der Waals surface area contributed by atoms with E-state index in [2.05, 4.69) is 42.0 Å². The fourth-order valence-electron chi connectivity index (χ4n) is 2.18. The normalized spacial score (nSPS) is 15.6. The lowest BCUT2D eigenvalue weighted by atomic mass is 9.84. The molecule has 2 nitrogen and oxygen atoms in total. The second-order valence-electron chi connectivity index (χ2n) is 5.04. The topological polar surface area (TPSA) is 29.1 Å². The zero-order valence-electron chi connectivity index (χ0n) is 12.0. The Morgan fingerprint density at radius 3 is 2.32 bits per heavy atom. The van der Waals surface area contributed by atoms with Crippen LogP contribution in [0.2, 0.25) is 0 Å². The van der Waals surface area contributed by atoms with Crippen molar-refractivity contribution < 1.29 is 4.79 Å². The number of carbonyl (C=O) groups excluding carboxylic acids is 1. The van der Waals surface area contributed by atoms with E-state index in [1.165, 1.54) is 0 Å². The van der Waals surface area contributed by atoms with Crippen LogP contribution in [-0.2, 0) is 4.79 Å². The average Bonchev–Trinajstić information content (AvgIpc) is 2.45. The van der Waals surface area contributed by atoms with Crippen LogP contribution in [0.3, 0.4) is 0 Å². The molecule has 0 aliphatic rings. The molecule has 3 atom stereocenters. The molecule has 0 aromatic heterocycles. The van der Waals surface area contributed by atoms with Gasteiger partial charge in [0, 0.05) is 11.4 Å². The van der Waals surface area contributed by atoms with Gasteiger partial charge in [-0.25, -0.2) is 0 Å². The lowest BCUT2D eigenvalue weighted by molar-refractivity contribution is -0.124. The first kappa shape index (κ1) is 16.2. The summed E-state index contributed by atoms with van der Waals surface area (Å²) in [5.41, 5.74) is 1.11. The molecular weight excluding hydrogens is 302 g/mol. The lowest BCUT2D eigenvalue weighted by Crippen LogP contribution is -2.40. The van der Waals surface area contributed by atoms with E-state index < -0.39 is 0 Å². The molecule has 0 heterocycles. The summed E-state index contributed by atoms with van der Waals surface area (Å²) in [6.07, 6.45) is 1.94. The molecule has 0 aliphatic heterocycles. The minimum absolute atomic E-state index is 0.0562. The first-order chi connectivity index (χ1) is 9.13. The first-order valence-corrected chi connectivity index (χ1v) is 8.17. The van der Waals surface area contributed by atoms with Gasteiger partial charge in [0.1, 0.15) is 0 Å². The Hall–Kier alpha value is -0.830. The van der Waals surface area contributed by atoms with Crippen molar-refractivity contribution >= 4 is 21.8 Å². The van der Waals surface area contributed by atoms with Gasteiger partial charge >= 0.3 is 0 Å². The Balaban J connectivity index is 2.89. The molecular formula is C16H24BrNO. The summed E-state index contributed by atoms with van der Waals surface area (Å²) in [4.78, 5) is 12.5. The maximum Gasteiger partial charge on any atom is 0.228 e. The Morgan fingerprint density at radius 1 is 1.21 bits per heavy atom. The molecule has 1 rings (SSSR count). The minimum atomic E-state index is -0.0562. The second kappa shape index (κ2) is 8.36. The van der Waals surface area contributed by atoms with Gasteiger partial charge in [0.25, 0.3) is 0 Å². The number of benzene rings is 1. The van der Waals surface area contributed by atoms with Crippen molar-refractivity contribution in [3.05, 3.63) is 35.9 Å². The second-order valence-corrected chi connectivity index (χ2v) is 5.69. The maximum absolute atomic E-state index is 12.5. The largest absolute Gasteiger partial charge is 0.352 e. The Morgan fingerprint density at radius 2 is 1.84 bits per heavy atom. The van der Waals surface area contributed by atoms with Crippen LogP contribution in [0.15, 0.2) is 30.3 Å².